The molecule has 1 aliphatic heterocycles. The van der Waals surface area contributed by atoms with Gasteiger partial charge in [-0.1, -0.05) is 0 Å². The molecule has 1 aliphatic rings. The number of fused-ring (bicyclic) bond motifs is 1. The summed E-state index contributed by atoms with van der Waals surface area (Å²) in [5.41, 5.74) is 0.249. The maximum absolute atomic E-state index is 12.4. The Kier molecular flexibility index (Phi) is 5.83. The van der Waals surface area contributed by atoms with Gasteiger partial charge in [-0.15, -0.1) is 0 Å². The number of carbonyl (C=O) groups excluding carboxylic acids is 1. The van der Waals surface area contributed by atoms with E-state index in [0.29, 0.717) is 49.0 Å². The molecule has 2 aromatic rings. The van der Waals surface area contributed by atoms with Crippen LogP contribution in [0.15, 0.2) is 18.2 Å². The van der Waals surface area contributed by atoms with Gasteiger partial charge in [0.05, 0.1) is 29.2 Å². The summed E-state index contributed by atoms with van der Waals surface area (Å²) < 4.78 is 10.8. The number of benzene rings is 1. The van der Waals surface area contributed by atoms with Gasteiger partial charge in [0, 0.05) is 25.2 Å². The van der Waals surface area contributed by atoms with Gasteiger partial charge in [-0.25, -0.2) is 14.8 Å². The molecule has 1 N–H and O–H groups in total. The summed E-state index contributed by atoms with van der Waals surface area (Å²) >= 11 is 0. The monoisotopic (exact) mass is 403 g/mol. The van der Waals surface area contributed by atoms with Crippen molar-refractivity contribution in [2.24, 2.45) is 0 Å². The number of non-ortho nitro benzene ring substituents is 1. The van der Waals surface area contributed by atoms with E-state index in [1.54, 1.807) is 33.8 Å². The third-order valence-corrected chi connectivity index (χ3v) is 4.26. The molecule has 0 unspecified atom stereocenters. The van der Waals surface area contributed by atoms with E-state index in [-0.39, 0.29) is 5.69 Å². The van der Waals surface area contributed by atoms with Crippen LogP contribution in [0.4, 0.5) is 17.3 Å². The number of aromatic nitrogens is 2. The van der Waals surface area contributed by atoms with Crippen LogP contribution in [0.2, 0.25) is 0 Å². The summed E-state index contributed by atoms with van der Waals surface area (Å²) in [7, 11) is 0. The lowest BCUT2D eigenvalue weighted by Crippen LogP contribution is -2.39. The minimum Gasteiger partial charge on any atom is -0.458 e. The van der Waals surface area contributed by atoms with E-state index in [2.05, 4.69) is 15.3 Å². The van der Waals surface area contributed by atoms with Gasteiger partial charge in [0.25, 0.3) is 5.69 Å². The van der Waals surface area contributed by atoms with Crippen molar-refractivity contribution in [2.45, 2.75) is 39.3 Å². The number of nitrogens with zero attached hydrogens (tertiary/aromatic N) is 4. The minimum absolute atomic E-state index is 0.0532. The minimum atomic E-state index is -0.654. The molecule has 1 fully saturated rings. The number of nitrogens with one attached hydrogen (secondary N) is 1. The summed E-state index contributed by atoms with van der Waals surface area (Å²) in [4.78, 5) is 34.2. The summed E-state index contributed by atoms with van der Waals surface area (Å²) in [6.07, 6.45) is 0. The largest absolute Gasteiger partial charge is 0.458 e. The third-order valence-electron chi connectivity index (χ3n) is 4.26. The molecule has 1 saturated heterocycles. The van der Waals surface area contributed by atoms with E-state index in [1.807, 2.05) is 4.90 Å². The van der Waals surface area contributed by atoms with Crippen molar-refractivity contribution in [2.75, 3.05) is 36.5 Å². The molecule has 3 rings (SSSR count). The first-order chi connectivity index (χ1) is 13.6. The maximum Gasteiger partial charge on any atom is 0.328 e. The van der Waals surface area contributed by atoms with Gasteiger partial charge >= 0.3 is 5.97 Å². The first-order valence-electron chi connectivity index (χ1n) is 9.42. The number of esters is 1. The molecule has 10 heteroatoms. The van der Waals surface area contributed by atoms with Crippen LogP contribution in [0.3, 0.4) is 0 Å². The van der Waals surface area contributed by atoms with Gasteiger partial charge in [-0.05, 0) is 33.8 Å². The lowest BCUT2D eigenvalue weighted by Gasteiger charge is -2.30. The van der Waals surface area contributed by atoms with Crippen molar-refractivity contribution in [1.82, 2.24) is 9.97 Å². The highest BCUT2D eigenvalue weighted by Gasteiger charge is 2.25. The second-order valence-corrected chi connectivity index (χ2v) is 7.82. The summed E-state index contributed by atoms with van der Waals surface area (Å²) in [5, 5.41) is 14.2. The van der Waals surface area contributed by atoms with Crippen molar-refractivity contribution in [3.05, 3.63) is 28.3 Å². The Morgan fingerprint density at radius 3 is 2.59 bits per heavy atom. The standard InChI is InChI=1S/C19H25N5O5/c1-12(18(25)29-19(2,3)4)20-16-17(23-7-9-28-10-8-23)22-15-11-13(24(26)27)5-6-14(15)21-16/h5-6,11-12H,7-10H2,1-4H3,(H,20,21)/t12-/m0/s1. The third kappa shape index (κ3) is 5.08. The van der Waals surface area contributed by atoms with Gasteiger partial charge in [0.2, 0.25) is 0 Å². The molecule has 0 aliphatic carbocycles. The summed E-state index contributed by atoms with van der Waals surface area (Å²) in [6, 6.07) is 3.67. The van der Waals surface area contributed by atoms with Crippen molar-refractivity contribution >= 4 is 34.3 Å². The number of anilines is 2. The van der Waals surface area contributed by atoms with Crippen LogP contribution in [-0.2, 0) is 14.3 Å². The molecule has 0 spiro atoms. The quantitative estimate of drug-likeness (QED) is 0.456. The molecular weight excluding hydrogens is 378 g/mol. The average Bonchev–Trinajstić information content (AvgIpc) is 2.66. The highest BCUT2D eigenvalue weighted by Crippen LogP contribution is 2.28. The Morgan fingerprint density at radius 2 is 1.97 bits per heavy atom. The Hall–Kier alpha value is -3.01. The van der Waals surface area contributed by atoms with Gasteiger partial charge in [-0.3, -0.25) is 10.1 Å². The van der Waals surface area contributed by atoms with E-state index in [9.17, 15) is 14.9 Å². The second-order valence-electron chi connectivity index (χ2n) is 7.82. The zero-order valence-electron chi connectivity index (χ0n) is 17.0. The number of rotatable bonds is 5. The van der Waals surface area contributed by atoms with Crippen LogP contribution in [0, 0.1) is 10.1 Å². The molecule has 156 valence electrons. The lowest BCUT2D eigenvalue weighted by atomic mass is 10.2. The molecule has 10 nitrogen and oxygen atoms in total. The van der Waals surface area contributed by atoms with E-state index in [4.69, 9.17) is 9.47 Å². The van der Waals surface area contributed by atoms with Crippen LogP contribution in [0.25, 0.3) is 11.0 Å². The normalized spacial score (nSPS) is 15.8. The number of morpholine rings is 1. The summed E-state index contributed by atoms with van der Waals surface area (Å²) in [5.74, 6) is 0.541. The van der Waals surface area contributed by atoms with Crippen LogP contribution in [0.1, 0.15) is 27.7 Å². The van der Waals surface area contributed by atoms with Crippen molar-refractivity contribution in [3.63, 3.8) is 0 Å². The van der Waals surface area contributed by atoms with Crippen molar-refractivity contribution < 1.29 is 19.2 Å². The Labute approximate surface area is 168 Å². The molecule has 1 aromatic heterocycles. The average molecular weight is 403 g/mol. The summed E-state index contributed by atoms with van der Waals surface area (Å²) in [6.45, 7) is 9.39. The highest BCUT2D eigenvalue weighted by atomic mass is 16.6. The predicted octanol–water partition coefficient (Wildman–Crippen LogP) is 2.52. The lowest BCUT2D eigenvalue weighted by molar-refractivity contribution is -0.384. The molecule has 0 amide bonds. The van der Waals surface area contributed by atoms with Gasteiger partial charge < -0.3 is 19.7 Å². The van der Waals surface area contributed by atoms with E-state index in [0.717, 1.165) is 0 Å². The zero-order chi connectivity index (χ0) is 21.2. The van der Waals surface area contributed by atoms with Crippen molar-refractivity contribution in [1.29, 1.82) is 0 Å². The SMILES string of the molecule is C[C@H](Nc1nc2ccc([N+](=O)[O-])cc2nc1N1CCOCC1)C(=O)OC(C)(C)C. The molecule has 1 atom stereocenters. The smallest absolute Gasteiger partial charge is 0.328 e. The maximum atomic E-state index is 12.4. The Morgan fingerprint density at radius 1 is 1.28 bits per heavy atom. The number of ether oxygens (including phenoxy) is 2. The molecule has 1 aromatic carbocycles. The fourth-order valence-electron chi connectivity index (χ4n) is 2.89. The molecule has 2 heterocycles. The fourth-order valence-corrected chi connectivity index (χ4v) is 2.89. The van der Waals surface area contributed by atoms with Crippen LogP contribution >= 0.6 is 0 Å². The van der Waals surface area contributed by atoms with Gasteiger partial charge in [0.1, 0.15) is 11.6 Å². The van der Waals surface area contributed by atoms with Crippen LogP contribution < -0.4 is 10.2 Å². The molecule has 29 heavy (non-hydrogen) atoms. The number of hydrogen-bond donors (Lipinski definition) is 1. The zero-order valence-corrected chi connectivity index (χ0v) is 17.0. The Balaban J connectivity index is 1.98. The van der Waals surface area contributed by atoms with Crippen LogP contribution in [-0.4, -0.2) is 58.8 Å². The highest BCUT2D eigenvalue weighted by molar-refractivity contribution is 5.85. The number of carbonyl (C=O) groups is 1. The number of nitro benzene ring substituents is 1. The predicted molar refractivity (Wildman–Crippen MR) is 108 cm³/mol. The van der Waals surface area contributed by atoms with E-state index < -0.39 is 22.5 Å². The molecule has 0 radical (unpaired) electrons. The number of nitro groups is 1. The molecule has 0 saturated carbocycles. The first-order valence-corrected chi connectivity index (χ1v) is 9.42. The van der Waals surface area contributed by atoms with Crippen LogP contribution in [0.5, 0.6) is 0 Å². The molecular formula is C19H25N5O5. The number of hydrogen-bond acceptors (Lipinski definition) is 9. The van der Waals surface area contributed by atoms with Gasteiger partial charge in [-0.2, -0.15) is 0 Å². The van der Waals surface area contributed by atoms with E-state index in [1.165, 1.54) is 12.1 Å². The van der Waals surface area contributed by atoms with Crippen molar-refractivity contribution in [3.8, 4) is 0 Å². The fraction of sp³-hybridized carbons (Fsp3) is 0.526. The first kappa shape index (κ1) is 20.7. The Bertz CT molecular complexity index is 921. The van der Waals surface area contributed by atoms with Gasteiger partial charge in [0.15, 0.2) is 11.6 Å². The topological polar surface area (TPSA) is 120 Å². The molecule has 0 bridgehead atoms. The second kappa shape index (κ2) is 8.16. The van der Waals surface area contributed by atoms with E-state index >= 15 is 0 Å².